The average molecular weight is 673 g/mol. The van der Waals surface area contributed by atoms with Crippen molar-refractivity contribution in [3.63, 3.8) is 0 Å². The van der Waals surface area contributed by atoms with Crippen molar-refractivity contribution in [1.29, 1.82) is 0 Å². The van der Waals surface area contributed by atoms with Crippen LogP contribution in [0.25, 0.3) is 60.9 Å². The van der Waals surface area contributed by atoms with Crippen molar-refractivity contribution in [3.05, 3.63) is 179 Å². The summed E-state index contributed by atoms with van der Waals surface area (Å²) in [5, 5.41) is 2.17. The maximum atomic E-state index is 14.5. The van der Waals surface area contributed by atoms with Crippen LogP contribution in [0.5, 0.6) is 0 Å². The number of carbonyl (C=O) groups is 2. The van der Waals surface area contributed by atoms with Gasteiger partial charge in [0.15, 0.2) is 0 Å². The normalized spacial score (nSPS) is 12.7. The molecule has 4 heteroatoms. The summed E-state index contributed by atoms with van der Waals surface area (Å²) < 4.78 is 2.16. The van der Waals surface area contributed by atoms with Crippen molar-refractivity contribution < 1.29 is 9.59 Å². The zero-order valence-electron chi connectivity index (χ0n) is 29.6. The van der Waals surface area contributed by atoms with E-state index < -0.39 is 0 Å². The number of aromatic nitrogens is 1. The van der Waals surface area contributed by atoms with E-state index in [0.29, 0.717) is 22.5 Å². The zero-order chi connectivity index (χ0) is 35.7. The van der Waals surface area contributed by atoms with Gasteiger partial charge in [0.2, 0.25) is 0 Å². The van der Waals surface area contributed by atoms with E-state index >= 15 is 0 Å². The lowest BCUT2D eigenvalue weighted by Gasteiger charge is -2.15. The third-order valence-corrected chi connectivity index (χ3v) is 10.5. The second-order valence-corrected chi connectivity index (χ2v) is 14.0. The number of benzene rings is 7. The largest absolute Gasteiger partial charge is 0.308 e. The Hall–Kier alpha value is -6.52. The first kappa shape index (κ1) is 31.5. The van der Waals surface area contributed by atoms with Crippen molar-refractivity contribution in [2.24, 2.45) is 0 Å². The molecule has 2 heterocycles. The van der Waals surface area contributed by atoms with E-state index in [-0.39, 0.29) is 11.8 Å². The summed E-state index contributed by atoms with van der Waals surface area (Å²) in [5.41, 5.74) is 15.7. The van der Waals surface area contributed by atoms with Gasteiger partial charge >= 0.3 is 0 Å². The number of rotatable bonds is 5. The number of aryl methyl sites for hydroxylation is 4. The number of nitrogens with zero attached hydrogens (tertiary/aromatic N) is 2. The third kappa shape index (κ3) is 4.98. The first-order valence-corrected chi connectivity index (χ1v) is 17.7. The molecule has 9 rings (SSSR count). The molecule has 8 aromatic rings. The van der Waals surface area contributed by atoms with E-state index in [1.54, 1.807) is 6.07 Å². The van der Waals surface area contributed by atoms with Gasteiger partial charge in [0, 0.05) is 10.8 Å². The van der Waals surface area contributed by atoms with Gasteiger partial charge < -0.3 is 4.57 Å². The molecule has 2 amide bonds. The minimum atomic E-state index is -0.322. The Balaban J connectivity index is 1.23. The number of anilines is 1. The van der Waals surface area contributed by atoms with E-state index in [4.69, 9.17) is 0 Å². The molecule has 0 radical (unpaired) electrons. The predicted octanol–water partition coefficient (Wildman–Crippen LogP) is 11.8. The van der Waals surface area contributed by atoms with Crippen molar-refractivity contribution in [2.45, 2.75) is 27.7 Å². The maximum absolute atomic E-state index is 14.5. The fourth-order valence-corrected chi connectivity index (χ4v) is 8.01. The smallest absolute Gasteiger partial charge is 0.268 e. The summed E-state index contributed by atoms with van der Waals surface area (Å²) in [6.45, 7) is 8.55. The summed E-state index contributed by atoms with van der Waals surface area (Å²) in [6, 6.07) is 49.6. The second kappa shape index (κ2) is 12.1. The van der Waals surface area contributed by atoms with Crippen molar-refractivity contribution in [3.8, 4) is 39.1 Å². The quantitative estimate of drug-likeness (QED) is 0.171. The van der Waals surface area contributed by atoms with Crippen LogP contribution in [0.15, 0.2) is 146 Å². The highest BCUT2D eigenvalue weighted by molar-refractivity contribution is 6.35. The van der Waals surface area contributed by atoms with Gasteiger partial charge in [-0.2, -0.15) is 0 Å². The lowest BCUT2D eigenvalue weighted by atomic mass is 9.95. The highest BCUT2D eigenvalue weighted by Gasteiger charge is 2.39. The van der Waals surface area contributed by atoms with Crippen LogP contribution in [-0.2, 0) is 0 Å². The number of hydrogen-bond donors (Lipinski definition) is 0. The molecule has 7 aromatic carbocycles. The summed E-state index contributed by atoms with van der Waals surface area (Å²) in [7, 11) is 0. The van der Waals surface area contributed by atoms with Gasteiger partial charge in [0.1, 0.15) is 0 Å². The summed E-state index contributed by atoms with van der Waals surface area (Å²) in [5.74, 6) is -0.638. The summed E-state index contributed by atoms with van der Waals surface area (Å²) >= 11 is 0. The SMILES string of the molecule is Cc1ccc(-c2ccc3c(c2)c2cc(-c4ccc(C)cc4C)ccc2n3-c2cccc3c2C(=O)N(c2ccc(-c4ccccc4)cc2)C3=O)c(C)c1. The van der Waals surface area contributed by atoms with Gasteiger partial charge in [-0.1, -0.05) is 108 Å². The van der Waals surface area contributed by atoms with Crippen molar-refractivity contribution >= 4 is 39.3 Å². The molecule has 0 aliphatic carbocycles. The number of imide groups is 1. The van der Waals surface area contributed by atoms with Crippen LogP contribution in [0.1, 0.15) is 43.0 Å². The zero-order valence-corrected chi connectivity index (χ0v) is 29.6. The minimum absolute atomic E-state index is 0.315. The first-order valence-electron chi connectivity index (χ1n) is 17.7. The standard InChI is InChI=1S/C48H36N2O2/c1-29-13-21-38(31(3)25-29)35-17-23-43-41(27-35)42-28-36(39-22-14-30(2)26-32(39)4)18-24-44(42)50(43)45-12-8-11-40-46(45)48(52)49(47(40)51)37-19-15-34(16-20-37)33-9-6-5-7-10-33/h5-28H,1-4H3. The molecule has 0 spiro atoms. The fraction of sp³-hybridized carbons (Fsp3) is 0.0833. The molecule has 1 aliphatic heterocycles. The van der Waals surface area contributed by atoms with Gasteiger partial charge in [-0.15, -0.1) is 0 Å². The molecule has 0 atom stereocenters. The summed E-state index contributed by atoms with van der Waals surface area (Å²) in [6.07, 6.45) is 0. The van der Waals surface area contributed by atoms with Gasteiger partial charge in [0.25, 0.3) is 11.8 Å². The molecule has 4 nitrogen and oxygen atoms in total. The molecule has 0 saturated carbocycles. The fourth-order valence-electron chi connectivity index (χ4n) is 8.01. The summed E-state index contributed by atoms with van der Waals surface area (Å²) in [4.78, 5) is 29.8. The number of carbonyl (C=O) groups excluding carboxylic acids is 2. The van der Waals surface area contributed by atoms with E-state index in [1.807, 2.05) is 66.7 Å². The third-order valence-electron chi connectivity index (χ3n) is 10.5. The highest BCUT2D eigenvalue weighted by Crippen LogP contribution is 2.41. The van der Waals surface area contributed by atoms with Crippen LogP contribution in [-0.4, -0.2) is 16.4 Å². The van der Waals surface area contributed by atoms with Gasteiger partial charge in [-0.05, 0) is 121 Å². The van der Waals surface area contributed by atoms with Crippen molar-refractivity contribution in [1.82, 2.24) is 4.57 Å². The molecular weight excluding hydrogens is 637 g/mol. The first-order chi connectivity index (χ1) is 25.3. The van der Waals surface area contributed by atoms with Crippen molar-refractivity contribution in [2.75, 3.05) is 4.90 Å². The maximum Gasteiger partial charge on any atom is 0.268 e. The highest BCUT2D eigenvalue weighted by atomic mass is 16.2. The molecule has 1 aromatic heterocycles. The Bertz CT molecular complexity index is 2650. The monoisotopic (exact) mass is 672 g/mol. The topological polar surface area (TPSA) is 42.3 Å². The Morgan fingerprint density at radius 3 is 1.52 bits per heavy atom. The Morgan fingerprint density at radius 2 is 0.962 bits per heavy atom. The van der Waals surface area contributed by atoms with Gasteiger partial charge in [-0.3, -0.25) is 9.59 Å². The molecule has 1 aliphatic rings. The van der Waals surface area contributed by atoms with E-state index in [1.165, 1.54) is 38.3 Å². The molecule has 0 fully saturated rings. The average Bonchev–Trinajstić information content (AvgIpc) is 3.61. The Morgan fingerprint density at radius 1 is 0.423 bits per heavy atom. The molecule has 250 valence electrons. The van der Waals surface area contributed by atoms with Crippen LogP contribution in [0, 0.1) is 27.7 Å². The number of amides is 2. The Kier molecular flexibility index (Phi) is 7.30. The second-order valence-electron chi connectivity index (χ2n) is 14.0. The van der Waals surface area contributed by atoms with Gasteiger partial charge in [0.05, 0.1) is 33.5 Å². The molecule has 0 unspecified atom stereocenters. The lowest BCUT2D eigenvalue weighted by Crippen LogP contribution is -2.29. The van der Waals surface area contributed by atoms with Crippen LogP contribution >= 0.6 is 0 Å². The molecule has 52 heavy (non-hydrogen) atoms. The van der Waals surface area contributed by atoms with E-state index in [2.05, 4.69) is 105 Å². The molecule has 0 bridgehead atoms. The van der Waals surface area contributed by atoms with Crippen LogP contribution < -0.4 is 4.90 Å². The van der Waals surface area contributed by atoms with Crippen LogP contribution in [0.4, 0.5) is 5.69 Å². The number of fused-ring (bicyclic) bond motifs is 4. The van der Waals surface area contributed by atoms with Crippen LogP contribution in [0.2, 0.25) is 0 Å². The van der Waals surface area contributed by atoms with E-state index in [0.717, 1.165) is 44.1 Å². The molecule has 0 saturated heterocycles. The molecular formula is C48H36N2O2. The van der Waals surface area contributed by atoms with Crippen LogP contribution in [0.3, 0.4) is 0 Å². The van der Waals surface area contributed by atoms with E-state index in [9.17, 15) is 9.59 Å². The lowest BCUT2D eigenvalue weighted by molar-refractivity contribution is 0.0926. The predicted molar refractivity (Wildman–Crippen MR) is 214 cm³/mol. The van der Waals surface area contributed by atoms with Gasteiger partial charge in [-0.25, -0.2) is 4.90 Å². The minimum Gasteiger partial charge on any atom is -0.308 e. The Labute approximate surface area is 303 Å². The number of hydrogen-bond acceptors (Lipinski definition) is 2. The molecule has 0 N–H and O–H groups in total.